The van der Waals surface area contributed by atoms with Crippen LogP contribution in [-0.2, 0) is 6.42 Å². The summed E-state index contributed by atoms with van der Waals surface area (Å²) in [5, 5.41) is 17.4. The van der Waals surface area contributed by atoms with Crippen LogP contribution in [0.25, 0.3) is 16.8 Å². The average molecular weight is 486 g/mol. The Balaban J connectivity index is 1.25. The second kappa shape index (κ2) is 9.79. The van der Waals surface area contributed by atoms with E-state index < -0.39 is 0 Å². The number of hydrogen-bond donors (Lipinski definition) is 2. The topological polar surface area (TPSA) is 84.2 Å². The monoisotopic (exact) mass is 485 g/mol. The van der Waals surface area contributed by atoms with Gasteiger partial charge in [-0.3, -0.25) is 0 Å². The van der Waals surface area contributed by atoms with E-state index in [-0.39, 0.29) is 6.61 Å². The molecule has 0 amide bonds. The van der Waals surface area contributed by atoms with E-state index in [9.17, 15) is 5.11 Å². The van der Waals surface area contributed by atoms with Gasteiger partial charge in [0.05, 0.1) is 43.4 Å². The first-order valence-corrected chi connectivity index (χ1v) is 12.6. The second-order valence-electron chi connectivity index (χ2n) is 9.45. The Labute approximate surface area is 210 Å². The number of aliphatic hydroxyl groups is 1. The average Bonchev–Trinajstić information content (AvgIpc) is 3.57. The van der Waals surface area contributed by atoms with Gasteiger partial charge in [-0.05, 0) is 73.3 Å². The molecule has 36 heavy (non-hydrogen) atoms. The van der Waals surface area contributed by atoms with E-state index >= 15 is 0 Å². The summed E-state index contributed by atoms with van der Waals surface area (Å²) in [5.74, 6) is 2.71. The highest BCUT2D eigenvalue weighted by atomic mass is 16.5. The first-order chi connectivity index (χ1) is 17.7. The normalized spacial score (nSPS) is 16.2. The van der Waals surface area contributed by atoms with E-state index in [1.807, 2.05) is 16.8 Å². The molecule has 0 radical (unpaired) electrons. The van der Waals surface area contributed by atoms with Gasteiger partial charge in [0, 0.05) is 18.5 Å². The highest BCUT2D eigenvalue weighted by Crippen LogP contribution is 2.38. The maximum atomic E-state index is 9.20. The molecular weight excluding hydrogens is 454 g/mol. The van der Waals surface area contributed by atoms with Crippen molar-refractivity contribution in [1.82, 2.24) is 19.5 Å². The number of aromatic nitrogens is 3. The van der Waals surface area contributed by atoms with Gasteiger partial charge in [0.1, 0.15) is 11.5 Å². The van der Waals surface area contributed by atoms with Gasteiger partial charge in [-0.15, -0.1) is 5.10 Å². The number of likely N-dealkylation sites (tertiary alicyclic amines) is 1. The summed E-state index contributed by atoms with van der Waals surface area (Å²) < 4.78 is 13.6. The molecule has 8 heteroatoms. The van der Waals surface area contributed by atoms with Crippen LogP contribution >= 0.6 is 0 Å². The number of anilines is 2. The van der Waals surface area contributed by atoms with Gasteiger partial charge in [0.2, 0.25) is 5.95 Å². The number of ether oxygens (including phenoxy) is 2. The smallest absolute Gasteiger partial charge is 0.245 e. The Bertz CT molecular complexity index is 1380. The molecule has 4 heterocycles. The number of nitrogens with one attached hydrogen (secondary N) is 1. The van der Waals surface area contributed by atoms with Crippen LogP contribution in [0.2, 0.25) is 0 Å². The lowest BCUT2D eigenvalue weighted by Gasteiger charge is -2.31. The van der Waals surface area contributed by atoms with Gasteiger partial charge in [0.25, 0.3) is 0 Å². The third-order valence-electron chi connectivity index (χ3n) is 7.34. The summed E-state index contributed by atoms with van der Waals surface area (Å²) in [4.78, 5) is 6.86. The van der Waals surface area contributed by atoms with E-state index in [0.717, 1.165) is 79.5 Å². The van der Waals surface area contributed by atoms with E-state index in [1.165, 1.54) is 11.1 Å². The third kappa shape index (κ3) is 4.27. The largest absolute Gasteiger partial charge is 0.495 e. The van der Waals surface area contributed by atoms with Crippen molar-refractivity contribution in [3.63, 3.8) is 0 Å². The van der Waals surface area contributed by atoms with Crippen LogP contribution in [0.15, 0.2) is 54.7 Å². The molecule has 2 aliphatic rings. The first kappa shape index (κ1) is 22.8. The van der Waals surface area contributed by atoms with Gasteiger partial charge in [-0.2, -0.15) is 0 Å². The molecule has 8 nitrogen and oxygen atoms in total. The van der Waals surface area contributed by atoms with E-state index in [4.69, 9.17) is 14.6 Å². The lowest BCUT2D eigenvalue weighted by molar-refractivity contribution is 0.164. The molecule has 0 unspecified atom stereocenters. The molecule has 1 fully saturated rings. The Morgan fingerprint density at radius 3 is 2.86 bits per heavy atom. The second-order valence-corrected chi connectivity index (χ2v) is 9.45. The van der Waals surface area contributed by atoms with Crippen LogP contribution < -0.4 is 14.8 Å². The summed E-state index contributed by atoms with van der Waals surface area (Å²) in [6.45, 7) is 3.71. The van der Waals surface area contributed by atoms with E-state index in [0.29, 0.717) is 11.9 Å². The number of hydrogen-bond acceptors (Lipinski definition) is 7. The van der Waals surface area contributed by atoms with E-state index in [1.54, 1.807) is 7.11 Å². The maximum Gasteiger partial charge on any atom is 0.245 e. The zero-order valence-electron chi connectivity index (χ0n) is 20.5. The Morgan fingerprint density at radius 1 is 1.14 bits per heavy atom. The fraction of sp³-hybridized carbons (Fsp3) is 0.357. The number of para-hydroxylation sites is 1. The maximum absolute atomic E-state index is 9.20. The summed E-state index contributed by atoms with van der Waals surface area (Å²) in [6.07, 6.45) is 4.92. The lowest BCUT2D eigenvalue weighted by Crippen LogP contribution is -2.34. The van der Waals surface area contributed by atoms with Gasteiger partial charge >= 0.3 is 0 Å². The molecule has 4 aromatic rings. The molecule has 0 bridgehead atoms. The molecule has 2 aromatic heterocycles. The molecule has 6 rings (SSSR count). The predicted octanol–water partition coefficient (Wildman–Crippen LogP) is 4.26. The molecule has 1 saturated heterocycles. The number of β-amino-alcohol motifs (C(OH)–C–C–N with tert-alkyl or cyclic N) is 1. The Hall–Kier alpha value is -3.62. The fourth-order valence-corrected chi connectivity index (χ4v) is 5.40. The molecule has 0 spiro atoms. The summed E-state index contributed by atoms with van der Waals surface area (Å²) >= 11 is 0. The Morgan fingerprint density at radius 2 is 2.03 bits per heavy atom. The van der Waals surface area contributed by atoms with Gasteiger partial charge < -0.3 is 24.8 Å². The van der Waals surface area contributed by atoms with Gasteiger partial charge in [0.15, 0.2) is 0 Å². The van der Waals surface area contributed by atoms with Crippen molar-refractivity contribution >= 4 is 17.2 Å². The van der Waals surface area contributed by atoms with Crippen LogP contribution in [0.1, 0.15) is 29.9 Å². The third-order valence-corrected chi connectivity index (χ3v) is 7.34. The standard InChI is InChI=1S/C28H31N5O3/c1-35-26-17-21(19-9-12-32(13-10-19)14-15-34)5-7-24(26)30-28-29-18-22-6-8-25(33(22)31-28)23-4-2-3-20-11-16-36-27(20)23/h2-8,17-19,34H,9-16H2,1H3,(H,30,31). The van der Waals surface area contributed by atoms with Crippen LogP contribution in [0, 0.1) is 0 Å². The number of fused-ring (bicyclic) bond motifs is 2. The number of piperidine rings is 1. The highest BCUT2D eigenvalue weighted by molar-refractivity contribution is 5.74. The molecule has 2 aromatic carbocycles. The summed E-state index contributed by atoms with van der Waals surface area (Å²) in [5.41, 5.74) is 6.28. The van der Waals surface area contributed by atoms with Crippen LogP contribution in [0.3, 0.4) is 0 Å². The summed E-state index contributed by atoms with van der Waals surface area (Å²) in [7, 11) is 1.69. The number of rotatable bonds is 7. The van der Waals surface area contributed by atoms with Crippen LogP contribution in [-0.4, -0.2) is 64.6 Å². The molecular formula is C28H31N5O3. The quantitative estimate of drug-likeness (QED) is 0.405. The number of nitrogens with zero attached hydrogens (tertiary/aromatic N) is 4. The first-order valence-electron chi connectivity index (χ1n) is 12.6. The Kier molecular flexibility index (Phi) is 6.21. The minimum Gasteiger partial charge on any atom is -0.495 e. The lowest BCUT2D eigenvalue weighted by atomic mass is 9.89. The van der Waals surface area contributed by atoms with Crippen molar-refractivity contribution in [1.29, 1.82) is 0 Å². The van der Waals surface area contributed by atoms with Crippen molar-refractivity contribution < 1.29 is 14.6 Å². The zero-order valence-corrected chi connectivity index (χ0v) is 20.5. The predicted molar refractivity (Wildman–Crippen MR) is 139 cm³/mol. The van der Waals surface area contributed by atoms with E-state index in [2.05, 4.69) is 57.7 Å². The van der Waals surface area contributed by atoms with Crippen LogP contribution in [0.4, 0.5) is 11.6 Å². The fourth-order valence-electron chi connectivity index (χ4n) is 5.40. The SMILES string of the molecule is COc1cc(C2CCN(CCO)CC2)ccc1Nc1ncc2ccc(-c3cccc4c3OCC4)n2n1. The van der Waals surface area contributed by atoms with Gasteiger partial charge in [-0.25, -0.2) is 9.50 Å². The number of aliphatic hydroxyl groups excluding tert-OH is 1. The minimum atomic E-state index is 0.221. The van der Waals surface area contributed by atoms with Crippen LogP contribution in [0.5, 0.6) is 11.5 Å². The summed E-state index contributed by atoms with van der Waals surface area (Å²) in [6, 6.07) is 16.7. The van der Waals surface area contributed by atoms with Gasteiger partial charge in [-0.1, -0.05) is 18.2 Å². The number of methoxy groups -OCH3 is 1. The molecule has 0 saturated carbocycles. The molecule has 2 aliphatic heterocycles. The van der Waals surface area contributed by atoms with Crippen molar-refractivity contribution in [3.05, 3.63) is 65.9 Å². The number of benzene rings is 2. The molecule has 186 valence electrons. The van der Waals surface area contributed by atoms with Crippen molar-refractivity contribution in [2.75, 3.05) is 45.3 Å². The zero-order chi connectivity index (χ0) is 24.5. The minimum absolute atomic E-state index is 0.221. The molecule has 2 N–H and O–H groups in total. The van der Waals surface area contributed by atoms with Crippen molar-refractivity contribution in [2.24, 2.45) is 0 Å². The van der Waals surface area contributed by atoms with Crippen molar-refractivity contribution in [2.45, 2.75) is 25.2 Å². The molecule has 0 aliphatic carbocycles. The van der Waals surface area contributed by atoms with Crippen molar-refractivity contribution in [3.8, 4) is 22.8 Å². The highest BCUT2D eigenvalue weighted by Gasteiger charge is 2.22. The molecule has 0 atom stereocenters.